The van der Waals surface area contributed by atoms with E-state index in [1.165, 1.54) is 5.56 Å². The van der Waals surface area contributed by atoms with E-state index in [1.807, 2.05) is 86.6 Å². The fourth-order valence-electron chi connectivity index (χ4n) is 6.34. The van der Waals surface area contributed by atoms with Gasteiger partial charge in [-0.3, -0.25) is 0 Å². The molecule has 4 aromatic carbocycles. The van der Waals surface area contributed by atoms with Crippen molar-refractivity contribution in [1.29, 1.82) is 0 Å². The van der Waals surface area contributed by atoms with Gasteiger partial charge in [0, 0.05) is 10.8 Å². The summed E-state index contributed by atoms with van der Waals surface area (Å²) in [5.74, 6) is 2.84. The van der Waals surface area contributed by atoms with Gasteiger partial charge in [0.2, 0.25) is 0 Å². The summed E-state index contributed by atoms with van der Waals surface area (Å²) in [5, 5.41) is 30.8. The summed E-state index contributed by atoms with van der Waals surface area (Å²) < 4.78 is 39.8. The number of epoxide rings is 1. The van der Waals surface area contributed by atoms with E-state index in [2.05, 4.69) is 52.0 Å². The van der Waals surface area contributed by atoms with Crippen molar-refractivity contribution in [1.82, 2.24) is 0 Å². The maximum absolute atomic E-state index is 10.6. The molecule has 3 N–H and O–H groups in total. The lowest BCUT2D eigenvalue weighted by Gasteiger charge is -2.27. The van der Waals surface area contributed by atoms with Crippen molar-refractivity contribution in [2.24, 2.45) is 0 Å². The van der Waals surface area contributed by atoms with E-state index < -0.39 is 18.3 Å². The van der Waals surface area contributed by atoms with E-state index in [9.17, 15) is 15.3 Å². The van der Waals surface area contributed by atoms with Crippen LogP contribution in [0.5, 0.6) is 23.0 Å². The zero-order chi connectivity index (χ0) is 40.8. The molecule has 1 fully saturated rings. The molecule has 57 heavy (non-hydrogen) atoms. The van der Waals surface area contributed by atoms with Crippen LogP contribution in [0, 0.1) is 0 Å². The van der Waals surface area contributed by atoms with Crippen LogP contribution >= 0.6 is 0 Å². The SMILES string of the molecule is CCCC(O)COC(C)COCC(O)COc1ccc(C(C)(C)c2ccc(OCC(O)COc3ccc(C(C)(C)c4ccc(OCC5CO5)cc4)cc3)cc2)cc1. The van der Waals surface area contributed by atoms with E-state index in [4.69, 9.17) is 33.2 Å². The van der Waals surface area contributed by atoms with E-state index in [0.29, 0.717) is 36.9 Å². The van der Waals surface area contributed by atoms with Gasteiger partial charge in [-0.15, -0.1) is 0 Å². The van der Waals surface area contributed by atoms with Crippen molar-refractivity contribution in [2.75, 3.05) is 52.9 Å². The first-order chi connectivity index (χ1) is 27.3. The first-order valence-corrected chi connectivity index (χ1v) is 20.1. The van der Waals surface area contributed by atoms with Crippen molar-refractivity contribution in [2.45, 2.75) is 95.7 Å². The van der Waals surface area contributed by atoms with Crippen LogP contribution in [0.4, 0.5) is 0 Å². The largest absolute Gasteiger partial charge is 0.491 e. The Balaban J connectivity index is 1.00. The average molecular weight is 787 g/mol. The third kappa shape index (κ3) is 13.7. The predicted molar refractivity (Wildman–Crippen MR) is 221 cm³/mol. The Labute approximate surface area is 338 Å². The average Bonchev–Trinajstić information content (AvgIpc) is 4.05. The third-order valence-corrected chi connectivity index (χ3v) is 10.3. The summed E-state index contributed by atoms with van der Waals surface area (Å²) in [6, 6.07) is 32.0. The molecule has 1 saturated heterocycles. The number of ether oxygens (including phenoxy) is 7. The van der Waals surface area contributed by atoms with Gasteiger partial charge in [-0.25, -0.2) is 0 Å². The minimum absolute atomic E-state index is 0.0984. The molecule has 1 heterocycles. The van der Waals surface area contributed by atoms with Gasteiger partial charge in [0.1, 0.15) is 67.7 Å². The second-order valence-corrected chi connectivity index (χ2v) is 16.0. The Kier molecular flexibility index (Phi) is 16.2. The van der Waals surface area contributed by atoms with Crippen molar-refractivity contribution >= 4 is 0 Å². The highest BCUT2D eigenvalue weighted by molar-refractivity contribution is 5.43. The van der Waals surface area contributed by atoms with Crippen molar-refractivity contribution in [3.8, 4) is 23.0 Å². The molecular weight excluding hydrogens is 725 g/mol. The predicted octanol–water partition coefficient (Wildman–Crippen LogP) is 7.26. The van der Waals surface area contributed by atoms with Crippen molar-refractivity contribution < 1.29 is 48.5 Å². The van der Waals surface area contributed by atoms with Crippen molar-refractivity contribution in [3.05, 3.63) is 119 Å². The number of aliphatic hydroxyl groups excluding tert-OH is 3. The second-order valence-electron chi connectivity index (χ2n) is 16.0. The molecule has 0 bridgehead atoms. The van der Waals surface area contributed by atoms with Crippen LogP contribution in [-0.4, -0.2) is 98.7 Å². The highest BCUT2D eigenvalue weighted by atomic mass is 16.6. The van der Waals surface area contributed by atoms with Crippen LogP contribution in [-0.2, 0) is 25.0 Å². The summed E-state index contributed by atoms with van der Waals surface area (Å²) in [7, 11) is 0. The molecule has 0 radical (unpaired) electrons. The Morgan fingerprint density at radius 2 is 0.912 bits per heavy atom. The molecule has 10 heteroatoms. The summed E-state index contributed by atoms with van der Waals surface area (Å²) in [5.41, 5.74) is 4.04. The highest BCUT2D eigenvalue weighted by Crippen LogP contribution is 2.35. The van der Waals surface area contributed by atoms with Crippen LogP contribution in [0.3, 0.4) is 0 Å². The molecule has 0 spiro atoms. The number of aliphatic hydroxyl groups is 3. The van der Waals surface area contributed by atoms with Gasteiger partial charge < -0.3 is 48.5 Å². The maximum atomic E-state index is 10.6. The summed E-state index contributed by atoms with van der Waals surface area (Å²) in [4.78, 5) is 0. The second kappa shape index (κ2) is 21.0. The molecule has 0 saturated carbocycles. The van der Waals surface area contributed by atoms with Crippen LogP contribution in [0.15, 0.2) is 97.1 Å². The smallest absolute Gasteiger partial charge is 0.122 e. The Morgan fingerprint density at radius 3 is 1.28 bits per heavy atom. The summed E-state index contributed by atoms with van der Waals surface area (Å²) in [6.07, 6.45) is -0.395. The van der Waals surface area contributed by atoms with E-state index in [0.717, 1.165) is 35.5 Å². The first kappa shape index (κ1) is 44.0. The van der Waals surface area contributed by atoms with Gasteiger partial charge >= 0.3 is 0 Å². The lowest BCUT2D eigenvalue weighted by Crippen LogP contribution is -2.27. The standard InChI is InChI=1S/C47H62O10/c1-7-8-38(48)27-52-33(2)25-51-26-39(49)28-53-41-17-9-34(10-18-41)46(3,4)35-11-19-42(20-12-35)54-29-40(50)30-55-43-21-13-36(14-22-43)47(5,6)37-15-23-44(24-16-37)56-31-45-32-57-45/h9-24,33,38-40,45,48-50H,7-8,25-32H2,1-6H3. The molecule has 5 atom stereocenters. The molecule has 0 aromatic heterocycles. The van der Waals surface area contributed by atoms with Gasteiger partial charge in [-0.2, -0.15) is 0 Å². The van der Waals surface area contributed by atoms with Crippen LogP contribution in [0.25, 0.3) is 0 Å². The zero-order valence-electron chi connectivity index (χ0n) is 34.4. The molecule has 0 aliphatic carbocycles. The lowest BCUT2D eigenvalue weighted by molar-refractivity contribution is -0.0597. The topological polar surface area (TPSA) is 129 Å². The number of benzene rings is 4. The highest BCUT2D eigenvalue weighted by Gasteiger charge is 2.26. The fraction of sp³-hybridized carbons (Fsp3) is 0.489. The van der Waals surface area contributed by atoms with E-state index in [-0.39, 0.29) is 56.1 Å². The minimum Gasteiger partial charge on any atom is -0.491 e. The molecule has 4 aromatic rings. The molecule has 10 nitrogen and oxygen atoms in total. The van der Waals surface area contributed by atoms with Gasteiger partial charge in [0.25, 0.3) is 0 Å². The Hall–Kier alpha value is -4.16. The van der Waals surface area contributed by atoms with Gasteiger partial charge in [0.15, 0.2) is 0 Å². The molecular formula is C47H62O10. The quantitative estimate of drug-likeness (QED) is 0.0591. The molecule has 5 rings (SSSR count). The summed E-state index contributed by atoms with van der Waals surface area (Å²) >= 11 is 0. The van der Waals surface area contributed by atoms with Crippen LogP contribution in [0.2, 0.25) is 0 Å². The zero-order valence-corrected chi connectivity index (χ0v) is 34.4. The third-order valence-electron chi connectivity index (χ3n) is 10.3. The number of rotatable bonds is 25. The molecule has 310 valence electrons. The molecule has 0 amide bonds. The Bertz CT molecular complexity index is 1740. The lowest BCUT2D eigenvalue weighted by atomic mass is 9.78. The van der Waals surface area contributed by atoms with E-state index >= 15 is 0 Å². The van der Waals surface area contributed by atoms with Crippen LogP contribution < -0.4 is 18.9 Å². The fourth-order valence-corrected chi connectivity index (χ4v) is 6.34. The van der Waals surface area contributed by atoms with Gasteiger partial charge in [-0.05, 0) is 84.1 Å². The maximum Gasteiger partial charge on any atom is 0.122 e. The molecule has 1 aliphatic rings. The van der Waals surface area contributed by atoms with Gasteiger partial charge in [0.05, 0.1) is 38.6 Å². The number of hydrogen-bond donors (Lipinski definition) is 3. The monoisotopic (exact) mass is 786 g/mol. The summed E-state index contributed by atoms with van der Waals surface area (Å²) in [6.45, 7) is 15.0. The molecule has 1 aliphatic heterocycles. The van der Waals surface area contributed by atoms with Crippen molar-refractivity contribution in [3.63, 3.8) is 0 Å². The normalized spacial score (nSPS) is 16.3. The Morgan fingerprint density at radius 1 is 0.544 bits per heavy atom. The number of hydrogen-bond acceptors (Lipinski definition) is 10. The first-order valence-electron chi connectivity index (χ1n) is 20.1. The van der Waals surface area contributed by atoms with E-state index in [1.54, 1.807) is 0 Å². The minimum atomic E-state index is -0.807. The van der Waals surface area contributed by atoms with Gasteiger partial charge in [-0.1, -0.05) is 89.6 Å². The van der Waals surface area contributed by atoms with Crippen LogP contribution in [0.1, 0.15) is 76.6 Å². The molecule has 5 unspecified atom stereocenters.